The van der Waals surface area contributed by atoms with E-state index < -0.39 is 11.7 Å². The number of carbonyl (C=O) groups excluding carboxylic acids is 1. The molecule has 3 aromatic carbocycles. The van der Waals surface area contributed by atoms with E-state index in [9.17, 15) is 9.18 Å². The molecule has 0 radical (unpaired) electrons. The van der Waals surface area contributed by atoms with Crippen LogP contribution in [0.1, 0.15) is 41.3 Å². The fraction of sp³-hybridized carbons (Fsp3) is 0.167. The molecule has 4 rings (SSSR count). The number of aryl methyl sites for hydroxylation is 1. The summed E-state index contributed by atoms with van der Waals surface area (Å²) in [5.74, 6) is -0.178. The Bertz CT molecular complexity index is 1210. The molecule has 0 atom stereocenters. The van der Waals surface area contributed by atoms with Gasteiger partial charge >= 0.3 is 0 Å². The van der Waals surface area contributed by atoms with Gasteiger partial charge in [-0.2, -0.15) is 0 Å². The molecular weight excluding hydrogens is 367 g/mol. The average Bonchev–Trinajstić information content (AvgIpc) is 3.13. The topological polar surface area (TPSA) is 55.1 Å². The summed E-state index contributed by atoms with van der Waals surface area (Å²) in [5, 5.41) is 2.79. The Labute approximate surface area is 168 Å². The van der Waals surface area contributed by atoms with Crippen LogP contribution >= 0.6 is 0 Å². The Kier molecular flexibility index (Phi) is 4.89. The molecule has 4 nitrogen and oxygen atoms in total. The summed E-state index contributed by atoms with van der Waals surface area (Å²) in [6.07, 6.45) is 0. The molecule has 29 heavy (non-hydrogen) atoms. The first-order valence-electron chi connectivity index (χ1n) is 9.50. The van der Waals surface area contributed by atoms with Crippen LogP contribution in [0.3, 0.4) is 0 Å². The number of hydrogen-bond acceptors (Lipinski definition) is 3. The summed E-state index contributed by atoms with van der Waals surface area (Å²) < 4.78 is 19.8. The van der Waals surface area contributed by atoms with E-state index in [1.54, 1.807) is 18.2 Å². The number of anilines is 1. The number of halogens is 1. The molecular formula is C24H21FN2O2. The van der Waals surface area contributed by atoms with Gasteiger partial charge in [-0.15, -0.1) is 0 Å². The van der Waals surface area contributed by atoms with Gasteiger partial charge < -0.3 is 9.73 Å². The minimum Gasteiger partial charge on any atom is -0.436 e. The molecule has 1 amide bonds. The maximum atomic E-state index is 13.9. The number of benzene rings is 3. The van der Waals surface area contributed by atoms with Gasteiger partial charge in [0.25, 0.3) is 5.91 Å². The summed E-state index contributed by atoms with van der Waals surface area (Å²) in [6.45, 7) is 6.14. The van der Waals surface area contributed by atoms with Gasteiger partial charge in [0.05, 0.1) is 5.56 Å². The monoisotopic (exact) mass is 388 g/mol. The summed E-state index contributed by atoms with van der Waals surface area (Å²) in [7, 11) is 0. The lowest BCUT2D eigenvalue weighted by Gasteiger charge is -2.10. The molecule has 0 aliphatic heterocycles. The lowest BCUT2D eigenvalue weighted by atomic mass is 10.0. The van der Waals surface area contributed by atoms with E-state index in [2.05, 4.69) is 24.1 Å². The number of amides is 1. The van der Waals surface area contributed by atoms with E-state index in [0.29, 0.717) is 23.1 Å². The molecule has 0 spiro atoms. The number of nitrogens with one attached hydrogen (secondary N) is 1. The molecule has 4 aromatic rings. The molecule has 1 heterocycles. The molecule has 5 heteroatoms. The van der Waals surface area contributed by atoms with Crippen LogP contribution in [-0.2, 0) is 0 Å². The first-order valence-corrected chi connectivity index (χ1v) is 9.50. The molecule has 1 aromatic heterocycles. The maximum Gasteiger partial charge on any atom is 0.258 e. The van der Waals surface area contributed by atoms with Gasteiger partial charge in [0.2, 0.25) is 5.89 Å². The predicted octanol–water partition coefficient (Wildman–Crippen LogP) is 6.32. The van der Waals surface area contributed by atoms with E-state index in [1.165, 1.54) is 17.7 Å². The number of nitrogens with zero attached hydrogens (tertiary/aromatic N) is 1. The highest BCUT2D eigenvalue weighted by Gasteiger charge is 2.15. The lowest BCUT2D eigenvalue weighted by molar-refractivity contribution is 0.102. The van der Waals surface area contributed by atoms with Gasteiger partial charge in [-0.25, -0.2) is 9.37 Å². The Morgan fingerprint density at radius 3 is 2.62 bits per heavy atom. The van der Waals surface area contributed by atoms with Crippen LogP contribution < -0.4 is 5.32 Å². The van der Waals surface area contributed by atoms with Crippen molar-refractivity contribution in [1.82, 2.24) is 4.98 Å². The summed E-state index contributed by atoms with van der Waals surface area (Å²) >= 11 is 0. The Balaban J connectivity index is 1.67. The van der Waals surface area contributed by atoms with Crippen LogP contribution in [0.5, 0.6) is 0 Å². The Morgan fingerprint density at radius 1 is 1.07 bits per heavy atom. The minimum absolute atomic E-state index is 0.000352. The number of hydrogen-bond donors (Lipinski definition) is 1. The molecule has 0 aliphatic rings. The van der Waals surface area contributed by atoms with Crippen LogP contribution in [0.2, 0.25) is 0 Å². The van der Waals surface area contributed by atoms with Crippen molar-refractivity contribution < 1.29 is 13.6 Å². The van der Waals surface area contributed by atoms with Gasteiger partial charge in [0, 0.05) is 11.3 Å². The van der Waals surface area contributed by atoms with Gasteiger partial charge in [0.15, 0.2) is 5.58 Å². The highest BCUT2D eigenvalue weighted by molar-refractivity contribution is 6.05. The zero-order valence-corrected chi connectivity index (χ0v) is 16.5. The molecule has 0 saturated carbocycles. The Hall–Kier alpha value is -3.47. The van der Waals surface area contributed by atoms with Gasteiger partial charge in [-0.3, -0.25) is 4.79 Å². The zero-order valence-electron chi connectivity index (χ0n) is 16.5. The predicted molar refractivity (Wildman–Crippen MR) is 113 cm³/mol. The normalized spacial score (nSPS) is 11.2. The second-order valence-electron chi connectivity index (χ2n) is 7.36. The van der Waals surface area contributed by atoms with Crippen molar-refractivity contribution in [2.45, 2.75) is 26.7 Å². The fourth-order valence-corrected chi connectivity index (χ4v) is 3.15. The zero-order chi connectivity index (χ0) is 20.5. The number of fused-ring (bicyclic) bond motifs is 1. The summed E-state index contributed by atoms with van der Waals surface area (Å²) in [6, 6.07) is 17.5. The third-order valence-corrected chi connectivity index (χ3v) is 4.93. The van der Waals surface area contributed by atoms with Crippen molar-refractivity contribution in [3.8, 4) is 11.5 Å². The number of rotatable bonds is 4. The van der Waals surface area contributed by atoms with Crippen LogP contribution in [-0.4, -0.2) is 10.9 Å². The van der Waals surface area contributed by atoms with Gasteiger partial charge in [-0.1, -0.05) is 38.1 Å². The van der Waals surface area contributed by atoms with Crippen LogP contribution in [0.4, 0.5) is 10.1 Å². The summed E-state index contributed by atoms with van der Waals surface area (Å²) in [5.41, 5.74) is 4.88. The number of aromatic nitrogens is 1. The molecule has 0 saturated heterocycles. The third-order valence-electron chi connectivity index (χ3n) is 4.93. The molecule has 1 N–H and O–H groups in total. The number of oxazole rings is 1. The fourth-order valence-electron chi connectivity index (χ4n) is 3.15. The molecule has 0 bridgehead atoms. The average molecular weight is 388 g/mol. The lowest BCUT2D eigenvalue weighted by Crippen LogP contribution is -2.14. The third kappa shape index (κ3) is 3.76. The van der Waals surface area contributed by atoms with E-state index in [0.717, 1.165) is 16.6 Å². The molecule has 146 valence electrons. The minimum atomic E-state index is -0.557. The van der Waals surface area contributed by atoms with Crippen LogP contribution in [0.15, 0.2) is 65.1 Å². The smallest absolute Gasteiger partial charge is 0.258 e. The van der Waals surface area contributed by atoms with Crippen LogP contribution in [0, 0.1) is 12.7 Å². The van der Waals surface area contributed by atoms with E-state index in [-0.39, 0.29) is 5.56 Å². The standard InChI is InChI=1S/C24H21FN2O2/c1-14(2)16-10-11-22-21(12-16)27-24(29-22)17-9-8-15(3)20(13-17)26-23(28)18-6-4-5-7-19(18)25/h4-14H,1-3H3,(H,26,28). The van der Waals surface area contributed by atoms with Crippen molar-refractivity contribution in [2.75, 3.05) is 5.32 Å². The second kappa shape index (κ2) is 7.51. The van der Waals surface area contributed by atoms with E-state index >= 15 is 0 Å². The molecule has 0 aliphatic carbocycles. The van der Waals surface area contributed by atoms with Crippen molar-refractivity contribution in [3.05, 3.63) is 83.2 Å². The van der Waals surface area contributed by atoms with E-state index in [4.69, 9.17) is 4.42 Å². The molecule has 0 unspecified atom stereocenters. The van der Waals surface area contributed by atoms with Crippen molar-refractivity contribution in [1.29, 1.82) is 0 Å². The Morgan fingerprint density at radius 2 is 1.86 bits per heavy atom. The number of carbonyl (C=O) groups is 1. The van der Waals surface area contributed by atoms with Crippen molar-refractivity contribution in [3.63, 3.8) is 0 Å². The largest absolute Gasteiger partial charge is 0.436 e. The van der Waals surface area contributed by atoms with Crippen molar-refractivity contribution >= 4 is 22.7 Å². The summed E-state index contributed by atoms with van der Waals surface area (Å²) in [4.78, 5) is 17.1. The van der Waals surface area contributed by atoms with Gasteiger partial charge in [0.1, 0.15) is 11.3 Å². The molecule has 0 fully saturated rings. The van der Waals surface area contributed by atoms with Crippen molar-refractivity contribution in [2.24, 2.45) is 0 Å². The highest BCUT2D eigenvalue weighted by atomic mass is 19.1. The maximum absolute atomic E-state index is 13.9. The first kappa shape index (κ1) is 18.9. The van der Waals surface area contributed by atoms with Gasteiger partial charge in [-0.05, 0) is 60.4 Å². The van der Waals surface area contributed by atoms with E-state index in [1.807, 2.05) is 37.3 Å². The quantitative estimate of drug-likeness (QED) is 0.445. The second-order valence-corrected chi connectivity index (χ2v) is 7.36. The highest BCUT2D eigenvalue weighted by Crippen LogP contribution is 2.29. The van der Waals surface area contributed by atoms with Crippen LogP contribution in [0.25, 0.3) is 22.6 Å². The SMILES string of the molecule is Cc1ccc(-c2nc3cc(C(C)C)ccc3o2)cc1NC(=O)c1ccccc1F. The first-order chi connectivity index (χ1) is 13.9.